The first-order valence-corrected chi connectivity index (χ1v) is 5.78. The fraction of sp³-hybridized carbons (Fsp3) is 0. The average molecular weight is 273 g/mol. The molecule has 0 aliphatic carbocycles. The van der Waals surface area contributed by atoms with Crippen molar-refractivity contribution in [2.75, 3.05) is 5.73 Å². The molecule has 2 aromatic carbocycles. The molecule has 100 valence electrons. The molecule has 0 unspecified atom stereocenters. The van der Waals surface area contributed by atoms with E-state index in [2.05, 4.69) is 9.97 Å². The lowest BCUT2D eigenvalue weighted by Gasteiger charge is -2.09. The Morgan fingerprint density at radius 3 is 2.65 bits per heavy atom. The summed E-state index contributed by atoms with van der Waals surface area (Å²) < 4.78 is 32.1. The lowest BCUT2D eigenvalue weighted by atomic mass is 10.2. The van der Waals surface area contributed by atoms with Crippen LogP contribution in [0, 0.1) is 11.6 Å². The van der Waals surface area contributed by atoms with E-state index in [0.717, 1.165) is 18.2 Å². The summed E-state index contributed by atoms with van der Waals surface area (Å²) in [6.45, 7) is 0. The van der Waals surface area contributed by atoms with Crippen LogP contribution in [0.1, 0.15) is 0 Å². The Kier molecular flexibility index (Phi) is 2.90. The lowest BCUT2D eigenvalue weighted by Crippen LogP contribution is -1.99. The number of ether oxygens (including phenoxy) is 1. The molecule has 0 aliphatic rings. The van der Waals surface area contributed by atoms with Crippen LogP contribution in [-0.4, -0.2) is 9.97 Å². The van der Waals surface area contributed by atoms with Gasteiger partial charge < -0.3 is 10.5 Å². The highest BCUT2D eigenvalue weighted by atomic mass is 19.1. The van der Waals surface area contributed by atoms with E-state index in [1.165, 1.54) is 0 Å². The molecular weight excluding hydrogens is 264 g/mol. The van der Waals surface area contributed by atoms with E-state index in [1.54, 1.807) is 24.3 Å². The first-order valence-electron chi connectivity index (χ1n) is 5.78. The molecule has 2 N–H and O–H groups in total. The number of nitrogens with zero attached hydrogens (tertiary/aromatic N) is 2. The Morgan fingerprint density at radius 2 is 1.80 bits per heavy atom. The number of aromatic nitrogens is 2. The molecule has 0 atom stereocenters. The summed E-state index contributed by atoms with van der Waals surface area (Å²) in [5.41, 5.74) is 6.14. The van der Waals surface area contributed by atoms with E-state index in [0.29, 0.717) is 10.9 Å². The molecule has 3 rings (SSSR count). The van der Waals surface area contributed by atoms with Crippen molar-refractivity contribution < 1.29 is 13.5 Å². The van der Waals surface area contributed by atoms with Crippen LogP contribution in [0.15, 0.2) is 42.5 Å². The molecule has 0 spiro atoms. The van der Waals surface area contributed by atoms with Crippen LogP contribution >= 0.6 is 0 Å². The van der Waals surface area contributed by atoms with Gasteiger partial charge in [-0.15, -0.1) is 0 Å². The van der Waals surface area contributed by atoms with Crippen molar-refractivity contribution in [3.05, 3.63) is 54.1 Å². The van der Waals surface area contributed by atoms with Gasteiger partial charge in [-0.1, -0.05) is 12.1 Å². The van der Waals surface area contributed by atoms with Gasteiger partial charge in [0, 0.05) is 6.07 Å². The molecule has 1 aromatic heterocycles. The molecule has 0 saturated heterocycles. The monoisotopic (exact) mass is 273 g/mol. The Hall–Kier alpha value is -2.76. The molecule has 0 amide bonds. The number of fused-ring (bicyclic) bond motifs is 1. The second-order valence-corrected chi connectivity index (χ2v) is 4.08. The maximum Gasteiger partial charge on any atom is 0.232 e. The van der Waals surface area contributed by atoms with Gasteiger partial charge in [-0.2, -0.15) is 4.98 Å². The third kappa shape index (κ3) is 2.23. The first kappa shape index (κ1) is 12.3. The van der Waals surface area contributed by atoms with E-state index in [4.69, 9.17) is 10.5 Å². The minimum Gasteiger partial charge on any atom is -0.435 e. The number of para-hydroxylation sites is 1. The second kappa shape index (κ2) is 4.73. The van der Waals surface area contributed by atoms with E-state index in [9.17, 15) is 8.78 Å². The number of anilines is 1. The summed E-state index contributed by atoms with van der Waals surface area (Å²) in [7, 11) is 0. The number of nitrogen functional groups attached to an aromatic ring is 1. The van der Waals surface area contributed by atoms with Crippen molar-refractivity contribution in [1.82, 2.24) is 9.97 Å². The van der Waals surface area contributed by atoms with Crippen LogP contribution in [-0.2, 0) is 0 Å². The number of halogens is 2. The van der Waals surface area contributed by atoms with Crippen molar-refractivity contribution in [2.45, 2.75) is 0 Å². The van der Waals surface area contributed by atoms with Gasteiger partial charge in [0.05, 0.1) is 10.9 Å². The van der Waals surface area contributed by atoms with Crippen molar-refractivity contribution in [2.24, 2.45) is 0 Å². The van der Waals surface area contributed by atoms with Crippen molar-refractivity contribution in [1.29, 1.82) is 0 Å². The predicted molar refractivity (Wildman–Crippen MR) is 70.4 cm³/mol. The summed E-state index contributed by atoms with van der Waals surface area (Å²) in [4.78, 5) is 7.96. The van der Waals surface area contributed by atoms with Gasteiger partial charge in [0.25, 0.3) is 0 Å². The zero-order valence-corrected chi connectivity index (χ0v) is 10.2. The lowest BCUT2D eigenvalue weighted by molar-refractivity contribution is 0.427. The summed E-state index contributed by atoms with van der Waals surface area (Å²) in [5, 5.41) is 0.561. The van der Waals surface area contributed by atoms with Gasteiger partial charge in [-0.25, -0.2) is 13.8 Å². The van der Waals surface area contributed by atoms with Gasteiger partial charge in [0.1, 0.15) is 5.82 Å². The topological polar surface area (TPSA) is 61.0 Å². The smallest absolute Gasteiger partial charge is 0.232 e. The zero-order chi connectivity index (χ0) is 14.1. The molecule has 6 heteroatoms. The zero-order valence-electron chi connectivity index (χ0n) is 10.2. The van der Waals surface area contributed by atoms with E-state index >= 15 is 0 Å². The molecular formula is C14H9F2N3O. The largest absolute Gasteiger partial charge is 0.435 e. The number of benzene rings is 2. The van der Waals surface area contributed by atoms with E-state index in [-0.39, 0.29) is 17.6 Å². The molecule has 20 heavy (non-hydrogen) atoms. The summed E-state index contributed by atoms with van der Waals surface area (Å²) in [6, 6.07) is 9.91. The third-order valence-corrected chi connectivity index (χ3v) is 2.69. The molecule has 0 radical (unpaired) electrons. The summed E-state index contributed by atoms with van der Waals surface area (Å²) in [6.07, 6.45) is 0. The van der Waals surface area contributed by atoms with Crippen LogP contribution in [0.5, 0.6) is 11.6 Å². The van der Waals surface area contributed by atoms with Gasteiger partial charge in [-0.3, -0.25) is 0 Å². The highest BCUT2D eigenvalue weighted by Crippen LogP contribution is 2.29. The number of nitrogens with two attached hydrogens (primary N) is 1. The van der Waals surface area contributed by atoms with Crippen molar-refractivity contribution >= 4 is 16.9 Å². The normalized spacial score (nSPS) is 10.7. The Morgan fingerprint density at radius 1 is 1.00 bits per heavy atom. The minimum absolute atomic E-state index is 0.00416. The summed E-state index contributed by atoms with van der Waals surface area (Å²) in [5.74, 6) is -1.47. The van der Waals surface area contributed by atoms with Crippen LogP contribution in [0.25, 0.3) is 10.9 Å². The number of hydrogen-bond acceptors (Lipinski definition) is 4. The highest BCUT2D eigenvalue weighted by molar-refractivity contribution is 5.84. The van der Waals surface area contributed by atoms with Gasteiger partial charge in [-0.05, 0) is 24.3 Å². The molecule has 3 aromatic rings. The Bertz CT molecular complexity index is 792. The van der Waals surface area contributed by atoms with Gasteiger partial charge in [0.15, 0.2) is 11.6 Å². The van der Waals surface area contributed by atoms with Crippen molar-refractivity contribution in [3.63, 3.8) is 0 Å². The molecule has 0 aliphatic heterocycles. The number of rotatable bonds is 2. The van der Waals surface area contributed by atoms with Crippen LogP contribution in [0.2, 0.25) is 0 Å². The average Bonchev–Trinajstić information content (AvgIpc) is 2.43. The molecule has 4 nitrogen and oxygen atoms in total. The maximum absolute atomic E-state index is 13.6. The first-order chi connectivity index (χ1) is 9.63. The van der Waals surface area contributed by atoms with E-state index in [1.807, 2.05) is 0 Å². The van der Waals surface area contributed by atoms with E-state index < -0.39 is 11.6 Å². The Labute approximate surface area is 112 Å². The molecule has 1 heterocycles. The quantitative estimate of drug-likeness (QED) is 0.778. The van der Waals surface area contributed by atoms with Crippen LogP contribution in [0.4, 0.5) is 14.7 Å². The predicted octanol–water partition coefficient (Wildman–Crippen LogP) is 3.28. The van der Waals surface area contributed by atoms with Crippen LogP contribution < -0.4 is 10.5 Å². The van der Waals surface area contributed by atoms with Gasteiger partial charge in [0.2, 0.25) is 11.8 Å². The maximum atomic E-state index is 13.6. The fourth-order valence-electron chi connectivity index (χ4n) is 1.80. The standard InChI is InChI=1S/C14H9F2N3O/c15-8-5-6-10(16)12(7-8)20-13-9-3-1-2-4-11(9)18-14(17)19-13/h1-7H,(H2,17,18,19). The highest BCUT2D eigenvalue weighted by Gasteiger charge is 2.11. The fourth-order valence-corrected chi connectivity index (χ4v) is 1.80. The second-order valence-electron chi connectivity index (χ2n) is 4.08. The van der Waals surface area contributed by atoms with Gasteiger partial charge >= 0.3 is 0 Å². The SMILES string of the molecule is Nc1nc(Oc2cc(F)ccc2F)c2ccccc2n1. The third-order valence-electron chi connectivity index (χ3n) is 2.69. The Balaban J connectivity index is 2.13. The number of hydrogen-bond donors (Lipinski definition) is 1. The molecule has 0 saturated carbocycles. The molecule has 0 fully saturated rings. The van der Waals surface area contributed by atoms with Crippen LogP contribution in [0.3, 0.4) is 0 Å². The minimum atomic E-state index is -0.687. The molecule has 0 bridgehead atoms. The van der Waals surface area contributed by atoms with Crippen molar-refractivity contribution in [3.8, 4) is 11.6 Å². The summed E-state index contributed by atoms with van der Waals surface area (Å²) >= 11 is 0.